The van der Waals surface area contributed by atoms with Crippen molar-refractivity contribution in [3.8, 4) is 11.5 Å². The molecule has 3 aromatic carbocycles. The van der Waals surface area contributed by atoms with Crippen molar-refractivity contribution in [1.82, 2.24) is 5.43 Å². The van der Waals surface area contributed by atoms with Crippen molar-refractivity contribution < 1.29 is 19.1 Å². The molecular formula is C23H23N3O4. The minimum atomic E-state index is -0.346. The third-order valence-corrected chi connectivity index (χ3v) is 4.17. The molecule has 0 aromatic heterocycles. The summed E-state index contributed by atoms with van der Waals surface area (Å²) < 4.78 is 10.5. The van der Waals surface area contributed by atoms with E-state index >= 15 is 0 Å². The Kier molecular flexibility index (Phi) is 7.27. The van der Waals surface area contributed by atoms with Crippen LogP contribution in [0.1, 0.15) is 5.56 Å². The van der Waals surface area contributed by atoms with Crippen LogP contribution in [0.25, 0.3) is 0 Å². The summed E-state index contributed by atoms with van der Waals surface area (Å²) >= 11 is 0. The second-order valence-electron chi connectivity index (χ2n) is 6.16. The highest BCUT2D eigenvalue weighted by molar-refractivity contribution is 5.84. The van der Waals surface area contributed by atoms with Crippen LogP contribution in [0, 0.1) is 0 Å². The molecular weight excluding hydrogens is 382 g/mol. The summed E-state index contributed by atoms with van der Waals surface area (Å²) in [5.74, 6) is 0.915. The predicted molar refractivity (Wildman–Crippen MR) is 116 cm³/mol. The number of para-hydroxylation sites is 2. The molecule has 0 fully saturated rings. The normalized spacial score (nSPS) is 10.5. The fraction of sp³-hybridized carbons (Fsp3) is 0.130. The van der Waals surface area contributed by atoms with E-state index in [0.717, 1.165) is 11.4 Å². The van der Waals surface area contributed by atoms with E-state index in [4.69, 9.17) is 14.3 Å². The minimum Gasteiger partial charge on any atom is -0.497 e. The average molecular weight is 405 g/mol. The molecule has 0 saturated heterocycles. The predicted octanol–water partition coefficient (Wildman–Crippen LogP) is 3.92. The van der Waals surface area contributed by atoms with E-state index in [2.05, 4.69) is 10.6 Å². The minimum absolute atomic E-state index is 0.245. The van der Waals surface area contributed by atoms with Gasteiger partial charge in [0.2, 0.25) is 0 Å². The van der Waals surface area contributed by atoms with E-state index in [0.29, 0.717) is 17.1 Å². The van der Waals surface area contributed by atoms with Crippen molar-refractivity contribution >= 4 is 23.5 Å². The number of carbonyl (C=O) groups excluding carboxylic acids is 1. The van der Waals surface area contributed by atoms with Gasteiger partial charge in [0.1, 0.15) is 11.5 Å². The van der Waals surface area contributed by atoms with Crippen LogP contribution in [0.5, 0.6) is 11.5 Å². The number of carbonyl (C=O) groups is 1. The third kappa shape index (κ3) is 5.51. The van der Waals surface area contributed by atoms with E-state index in [1.165, 1.54) is 6.21 Å². The molecule has 0 unspecified atom stereocenters. The summed E-state index contributed by atoms with van der Waals surface area (Å²) in [5, 5.41) is 5.57. The number of hydrogen-bond acceptors (Lipinski definition) is 6. The first kappa shape index (κ1) is 20.7. The summed E-state index contributed by atoms with van der Waals surface area (Å²) in [5.41, 5.74) is 5.19. The van der Waals surface area contributed by atoms with Gasteiger partial charge in [0, 0.05) is 11.6 Å². The molecule has 154 valence electrons. The number of rotatable bonds is 9. The smallest absolute Gasteiger partial charge is 0.279 e. The van der Waals surface area contributed by atoms with Crippen LogP contribution in [-0.2, 0) is 9.63 Å². The van der Waals surface area contributed by atoms with Gasteiger partial charge in [0.05, 0.1) is 31.8 Å². The maximum atomic E-state index is 12.4. The largest absolute Gasteiger partial charge is 0.497 e. The van der Waals surface area contributed by atoms with Crippen LogP contribution < -0.4 is 19.9 Å². The first-order valence-corrected chi connectivity index (χ1v) is 9.28. The second kappa shape index (κ2) is 10.5. The molecule has 0 saturated carbocycles. The number of nitrogens with one attached hydrogen (secondary N) is 1. The number of nitrogens with zero attached hydrogens (tertiary/aromatic N) is 2. The van der Waals surface area contributed by atoms with E-state index < -0.39 is 0 Å². The van der Waals surface area contributed by atoms with Crippen molar-refractivity contribution in [1.29, 1.82) is 0 Å². The molecule has 1 amide bonds. The Morgan fingerprint density at radius 2 is 1.57 bits per heavy atom. The van der Waals surface area contributed by atoms with Gasteiger partial charge in [0.15, 0.2) is 6.61 Å². The molecule has 0 radical (unpaired) electrons. The zero-order valence-corrected chi connectivity index (χ0v) is 16.8. The quantitative estimate of drug-likeness (QED) is 0.431. The Hall–Kier alpha value is -4.00. The highest BCUT2D eigenvalue weighted by Crippen LogP contribution is 2.23. The van der Waals surface area contributed by atoms with Gasteiger partial charge < -0.3 is 14.3 Å². The number of hydrogen-bond donors (Lipinski definition) is 1. The molecule has 0 aliphatic carbocycles. The number of benzene rings is 3. The van der Waals surface area contributed by atoms with E-state index in [9.17, 15) is 4.79 Å². The highest BCUT2D eigenvalue weighted by Gasteiger charge is 2.12. The molecule has 1 N–H and O–H groups in total. The Bertz CT molecular complexity index is 939. The lowest BCUT2D eigenvalue weighted by molar-refractivity contribution is -0.125. The fourth-order valence-corrected chi connectivity index (χ4v) is 2.70. The van der Waals surface area contributed by atoms with Crippen LogP contribution >= 0.6 is 0 Å². The van der Waals surface area contributed by atoms with Crippen molar-refractivity contribution in [3.05, 3.63) is 84.4 Å². The van der Waals surface area contributed by atoms with Crippen LogP contribution in [0.15, 0.2) is 84.0 Å². The molecule has 3 rings (SSSR count). The van der Waals surface area contributed by atoms with Gasteiger partial charge in [-0.15, -0.1) is 0 Å². The van der Waals surface area contributed by atoms with Gasteiger partial charge >= 0.3 is 0 Å². The topological polar surface area (TPSA) is 72.4 Å². The SMILES string of the molecule is COc1ccc(C=NOCC(=O)NN(c2ccccc2)c2ccccc2)c(OC)c1. The number of ether oxygens (including phenoxy) is 2. The zero-order valence-electron chi connectivity index (χ0n) is 16.8. The van der Waals surface area contributed by atoms with E-state index in [-0.39, 0.29) is 12.5 Å². The molecule has 7 nitrogen and oxygen atoms in total. The van der Waals surface area contributed by atoms with Crippen molar-refractivity contribution in [2.75, 3.05) is 25.8 Å². The van der Waals surface area contributed by atoms with Crippen molar-refractivity contribution in [3.63, 3.8) is 0 Å². The summed E-state index contributed by atoms with van der Waals surface area (Å²) in [7, 11) is 3.14. The second-order valence-corrected chi connectivity index (χ2v) is 6.16. The monoisotopic (exact) mass is 405 g/mol. The molecule has 0 spiro atoms. The Morgan fingerprint density at radius 3 is 2.13 bits per heavy atom. The maximum absolute atomic E-state index is 12.4. The number of oxime groups is 1. The molecule has 0 heterocycles. The lowest BCUT2D eigenvalue weighted by Gasteiger charge is -2.25. The maximum Gasteiger partial charge on any atom is 0.279 e. The van der Waals surface area contributed by atoms with Crippen molar-refractivity contribution in [2.45, 2.75) is 0 Å². The lowest BCUT2D eigenvalue weighted by atomic mass is 10.2. The Morgan fingerprint density at radius 1 is 0.933 bits per heavy atom. The summed E-state index contributed by atoms with van der Waals surface area (Å²) in [4.78, 5) is 17.6. The Balaban J connectivity index is 1.62. The highest BCUT2D eigenvalue weighted by atomic mass is 16.6. The molecule has 3 aromatic rings. The third-order valence-electron chi connectivity index (χ3n) is 4.17. The van der Waals surface area contributed by atoms with Crippen LogP contribution in [0.2, 0.25) is 0 Å². The van der Waals surface area contributed by atoms with Crippen LogP contribution in [0.4, 0.5) is 11.4 Å². The molecule has 0 aliphatic heterocycles. The summed E-state index contributed by atoms with van der Waals surface area (Å²) in [6.45, 7) is -0.245. The van der Waals surface area contributed by atoms with Gasteiger partial charge in [-0.05, 0) is 36.4 Å². The summed E-state index contributed by atoms with van der Waals surface area (Å²) in [6.07, 6.45) is 1.48. The van der Waals surface area contributed by atoms with Gasteiger partial charge in [0.25, 0.3) is 5.91 Å². The van der Waals surface area contributed by atoms with E-state index in [1.54, 1.807) is 37.4 Å². The standard InChI is InChI=1S/C23H23N3O4/c1-28-21-14-13-18(22(15-21)29-2)16-24-30-17-23(27)25-26(19-9-5-3-6-10-19)20-11-7-4-8-12-20/h3-16H,17H2,1-2H3,(H,25,27). The Labute approximate surface area is 175 Å². The zero-order chi connectivity index (χ0) is 21.2. The van der Waals surface area contributed by atoms with Gasteiger partial charge in [-0.2, -0.15) is 0 Å². The molecule has 0 aliphatic rings. The number of methoxy groups -OCH3 is 2. The number of hydrazine groups is 1. The van der Waals surface area contributed by atoms with Gasteiger partial charge in [-0.25, -0.2) is 0 Å². The average Bonchev–Trinajstić information content (AvgIpc) is 2.81. The first-order chi connectivity index (χ1) is 14.7. The number of amides is 1. The van der Waals surface area contributed by atoms with Gasteiger partial charge in [-0.3, -0.25) is 15.2 Å². The van der Waals surface area contributed by atoms with Crippen LogP contribution in [0.3, 0.4) is 0 Å². The molecule has 7 heteroatoms. The van der Waals surface area contributed by atoms with Crippen LogP contribution in [-0.4, -0.2) is 32.9 Å². The molecule has 0 bridgehead atoms. The summed E-state index contributed by atoms with van der Waals surface area (Å²) in [6, 6.07) is 24.4. The lowest BCUT2D eigenvalue weighted by Crippen LogP contribution is -2.40. The van der Waals surface area contributed by atoms with E-state index in [1.807, 2.05) is 60.7 Å². The number of anilines is 2. The first-order valence-electron chi connectivity index (χ1n) is 9.28. The fourth-order valence-electron chi connectivity index (χ4n) is 2.70. The molecule has 0 atom stereocenters. The van der Waals surface area contributed by atoms with Crippen molar-refractivity contribution in [2.24, 2.45) is 5.16 Å². The van der Waals surface area contributed by atoms with Gasteiger partial charge in [-0.1, -0.05) is 41.6 Å². The molecule has 30 heavy (non-hydrogen) atoms.